The van der Waals surface area contributed by atoms with Crippen LogP contribution in [-0.4, -0.2) is 0 Å². The molecule has 2 atom stereocenters. The van der Waals surface area contributed by atoms with Crippen LogP contribution in [0.4, 0.5) is 0 Å². The third kappa shape index (κ3) is 3.37. The molecule has 0 nitrogen and oxygen atoms in total. The molecule has 2 aromatic rings. The Kier molecular flexibility index (Phi) is 4.43. The molecule has 0 saturated heterocycles. The van der Waals surface area contributed by atoms with Gasteiger partial charge in [0.1, 0.15) is 0 Å². The van der Waals surface area contributed by atoms with Crippen LogP contribution in [0, 0.1) is 5.92 Å². The monoisotopic (exact) mass is 278 g/mol. The number of rotatable bonds is 6. The van der Waals surface area contributed by atoms with Crippen LogP contribution in [0.2, 0.25) is 0 Å². The van der Waals surface area contributed by atoms with Gasteiger partial charge < -0.3 is 0 Å². The standard InChI is InChI=1S/C21H26/c1-3-16(2)19-11-7-8-12-20(19)21(18-13-14-18)15-17-9-5-4-6-10-17/h4-12,16,18,21H,3,13-15H2,1-2H3. The smallest absolute Gasteiger partial charge is 0.00903 e. The zero-order valence-electron chi connectivity index (χ0n) is 13.3. The molecule has 21 heavy (non-hydrogen) atoms. The zero-order valence-corrected chi connectivity index (χ0v) is 13.3. The molecule has 1 aliphatic carbocycles. The first kappa shape index (κ1) is 14.4. The van der Waals surface area contributed by atoms with E-state index >= 15 is 0 Å². The maximum Gasteiger partial charge on any atom is -0.00903 e. The van der Waals surface area contributed by atoms with Crippen LogP contribution in [0.3, 0.4) is 0 Å². The van der Waals surface area contributed by atoms with E-state index in [1.54, 1.807) is 11.1 Å². The Morgan fingerprint density at radius 2 is 1.52 bits per heavy atom. The summed E-state index contributed by atoms with van der Waals surface area (Å²) in [5, 5.41) is 0. The van der Waals surface area contributed by atoms with Gasteiger partial charge in [-0.25, -0.2) is 0 Å². The average molecular weight is 278 g/mol. The number of hydrogen-bond donors (Lipinski definition) is 0. The van der Waals surface area contributed by atoms with E-state index in [9.17, 15) is 0 Å². The molecule has 0 N–H and O–H groups in total. The van der Waals surface area contributed by atoms with Crippen molar-refractivity contribution in [1.82, 2.24) is 0 Å². The molecule has 1 aliphatic rings. The molecule has 3 rings (SSSR count). The van der Waals surface area contributed by atoms with Crippen molar-refractivity contribution in [3.8, 4) is 0 Å². The maximum absolute atomic E-state index is 2.38. The summed E-state index contributed by atoms with van der Waals surface area (Å²) in [6, 6.07) is 20.2. The van der Waals surface area contributed by atoms with Crippen LogP contribution in [0.15, 0.2) is 54.6 Å². The van der Waals surface area contributed by atoms with Crippen molar-refractivity contribution in [2.75, 3.05) is 0 Å². The lowest BCUT2D eigenvalue weighted by Gasteiger charge is -2.23. The number of benzene rings is 2. The SMILES string of the molecule is CCC(C)c1ccccc1C(Cc1ccccc1)C1CC1. The Bertz CT molecular complexity index is 566. The first-order valence-corrected chi connectivity index (χ1v) is 8.42. The topological polar surface area (TPSA) is 0 Å². The number of hydrogen-bond acceptors (Lipinski definition) is 0. The lowest BCUT2D eigenvalue weighted by molar-refractivity contribution is 0.585. The van der Waals surface area contributed by atoms with Gasteiger partial charge in [0.2, 0.25) is 0 Å². The van der Waals surface area contributed by atoms with E-state index in [2.05, 4.69) is 68.4 Å². The zero-order chi connectivity index (χ0) is 14.7. The first-order chi connectivity index (χ1) is 10.3. The van der Waals surface area contributed by atoms with Crippen molar-refractivity contribution in [2.45, 2.75) is 51.4 Å². The fourth-order valence-electron chi connectivity index (χ4n) is 3.41. The lowest BCUT2D eigenvalue weighted by Crippen LogP contribution is -2.10. The molecule has 0 spiro atoms. The van der Waals surface area contributed by atoms with Gasteiger partial charge in [0.15, 0.2) is 0 Å². The second-order valence-electron chi connectivity index (χ2n) is 6.57. The van der Waals surface area contributed by atoms with E-state index in [1.807, 2.05) is 0 Å². The molecule has 0 radical (unpaired) electrons. The minimum Gasteiger partial charge on any atom is -0.0648 e. The molecule has 2 aromatic carbocycles. The summed E-state index contributed by atoms with van der Waals surface area (Å²) in [4.78, 5) is 0. The highest BCUT2D eigenvalue weighted by Crippen LogP contribution is 2.46. The van der Waals surface area contributed by atoms with Crippen LogP contribution < -0.4 is 0 Å². The van der Waals surface area contributed by atoms with E-state index in [-0.39, 0.29) is 0 Å². The van der Waals surface area contributed by atoms with Crippen molar-refractivity contribution >= 4 is 0 Å². The Hall–Kier alpha value is -1.56. The fraction of sp³-hybridized carbons (Fsp3) is 0.429. The predicted molar refractivity (Wildman–Crippen MR) is 90.8 cm³/mol. The highest BCUT2D eigenvalue weighted by molar-refractivity contribution is 5.36. The van der Waals surface area contributed by atoms with Gasteiger partial charge in [0.05, 0.1) is 0 Å². The first-order valence-electron chi connectivity index (χ1n) is 8.42. The molecular weight excluding hydrogens is 252 g/mol. The van der Waals surface area contributed by atoms with Gasteiger partial charge >= 0.3 is 0 Å². The van der Waals surface area contributed by atoms with Crippen LogP contribution in [0.1, 0.15) is 61.6 Å². The van der Waals surface area contributed by atoms with E-state index in [1.165, 1.54) is 31.2 Å². The van der Waals surface area contributed by atoms with Gasteiger partial charge in [0, 0.05) is 0 Å². The van der Waals surface area contributed by atoms with Crippen molar-refractivity contribution in [2.24, 2.45) is 5.92 Å². The normalized spacial score (nSPS) is 17.4. The van der Waals surface area contributed by atoms with Crippen LogP contribution >= 0.6 is 0 Å². The molecule has 2 unspecified atom stereocenters. The van der Waals surface area contributed by atoms with Crippen molar-refractivity contribution < 1.29 is 0 Å². The van der Waals surface area contributed by atoms with Crippen molar-refractivity contribution in [1.29, 1.82) is 0 Å². The minimum absolute atomic E-state index is 0.665. The molecule has 110 valence electrons. The Balaban J connectivity index is 1.91. The molecular formula is C21H26. The summed E-state index contributed by atoms with van der Waals surface area (Å²) in [7, 11) is 0. The van der Waals surface area contributed by atoms with Gasteiger partial charge in [-0.1, -0.05) is 68.4 Å². The van der Waals surface area contributed by atoms with Gasteiger partial charge in [-0.05, 0) is 60.1 Å². The Labute approximate surface area is 129 Å². The summed E-state index contributed by atoms with van der Waals surface area (Å²) in [6.45, 7) is 4.66. The highest BCUT2D eigenvalue weighted by Gasteiger charge is 2.33. The molecule has 0 bridgehead atoms. The Morgan fingerprint density at radius 1 is 0.905 bits per heavy atom. The van der Waals surface area contributed by atoms with E-state index in [0.717, 1.165) is 5.92 Å². The van der Waals surface area contributed by atoms with E-state index < -0.39 is 0 Å². The highest BCUT2D eigenvalue weighted by atomic mass is 14.4. The summed E-state index contributed by atoms with van der Waals surface area (Å²) < 4.78 is 0. The minimum atomic E-state index is 0.665. The quantitative estimate of drug-likeness (QED) is 0.613. The molecule has 0 aromatic heterocycles. The van der Waals surface area contributed by atoms with Crippen molar-refractivity contribution in [3.05, 3.63) is 71.3 Å². The molecule has 0 amide bonds. The van der Waals surface area contributed by atoms with Crippen LogP contribution in [0.5, 0.6) is 0 Å². The largest absolute Gasteiger partial charge is 0.0648 e. The molecule has 0 aliphatic heterocycles. The van der Waals surface area contributed by atoms with Crippen molar-refractivity contribution in [3.63, 3.8) is 0 Å². The van der Waals surface area contributed by atoms with Crippen LogP contribution in [0.25, 0.3) is 0 Å². The van der Waals surface area contributed by atoms with Gasteiger partial charge in [-0.15, -0.1) is 0 Å². The summed E-state index contributed by atoms with van der Waals surface area (Å²) in [5.41, 5.74) is 4.67. The van der Waals surface area contributed by atoms with Gasteiger partial charge in [-0.2, -0.15) is 0 Å². The summed E-state index contributed by atoms with van der Waals surface area (Å²) >= 11 is 0. The lowest BCUT2D eigenvalue weighted by atomic mass is 9.81. The average Bonchev–Trinajstić information content (AvgIpc) is 3.38. The van der Waals surface area contributed by atoms with E-state index in [4.69, 9.17) is 0 Å². The summed E-state index contributed by atoms with van der Waals surface area (Å²) in [6.07, 6.45) is 5.23. The van der Waals surface area contributed by atoms with Gasteiger partial charge in [-0.3, -0.25) is 0 Å². The fourth-order valence-corrected chi connectivity index (χ4v) is 3.41. The predicted octanol–water partition coefficient (Wildman–Crippen LogP) is 5.94. The van der Waals surface area contributed by atoms with Gasteiger partial charge in [0.25, 0.3) is 0 Å². The Morgan fingerprint density at radius 3 is 2.14 bits per heavy atom. The van der Waals surface area contributed by atoms with Crippen LogP contribution in [-0.2, 0) is 6.42 Å². The maximum atomic E-state index is 2.38. The third-order valence-electron chi connectivity index (χ3n) is 5.03. The summed E-state index contributed by atoms with van der Waals surface area (Å²) in [5.74, 6) is 2.27. The third-order valence-corrected chi connectivity index (χ3v) is 5.03. The van der Waals surface area contributed by atoms with E-state index in [0.29, 0.717) is 11.8 Å². The molecule has 1 fully saturated rings. The molecule has 1 saturated carbocycles. The molecule has 0 heteroatoms. The molecule has 0 heterocycles. The second kappa shape index (κ2) is 6.47. The second-order valence-corrected chi connectivity index (χ2v) is 6.57.